The number of Topliss-reactive ketones (excluding diaryl/α,β-unsaturated/α-hetero) is 1. The molecule has 0 saturated heterocycles. The van der Waals surface area contributed by atoms with Crippen molar-refractivity contribution in [1.29, 1.82) is 0 Å². The second-order valence-electron chi connectivity index (χ2n) is 10.9. The number of carbonyl (C=O) groups excluding carboxylic acids is 1. The molecule has 0 N–H and O–H groups in total. The van der Waals surface area contributed by atoms with Crippen LogP contribution < -0.4 is 0 Å². The molecule has 1 fully saturated rings. The van der Waals surface area contributed by atoms with Gasteiger partial charge in [0.1, 0.15) is 8.07 Å². The van der Waals surface area contributed by atoms with E-state index in [0.29, 0.717) is 5.78 Å². The maximum Gasteiger partial charge on any atom is 0.154 e. The molecule has 0 spiro atoms. The zero-order chi connectivity index (χ0) is 25.0. The van der Waals surface area contributed by atoms with Gasteiger partial charge in [-0.3, -0.25) is 4.79 Å². The molecule has 2 aromatic rings. The quantitative estimate of drug-likeness (QED) is 0.204. The van der Waals surface area contributed by atoms with Crippen LogP contribution in [0.5, 0.6) is 0 Å². The third-order valence-corrected chi connectivity index (χ3v) is 12.6. The first-order chi connectivity index (χ1) is 17.1. The predicted octanol–water partition coefficient (Wildman–Crippen LogP) is 8.83. The van der Waals surface area contributed by atoms with Gasteiger partial charge in [-0.2, -0.15) is 0 Å². The van der Waals surface area contributed by atoms with Crippen molar-refractivity contribution < 1.29 is 4.79 Å². The van der Waals surface area contributed by atoms with Crippen LogP contribution in [-0.4, -0.2) is 13.9 Å². The van der Waals surface area contributed by atoms with Crippen LogP contribution in [0.3, 0.4) is 0 Å². The number of rotatable bonds is 13. The van der Waals surface area contributed by atoms with Crippen molar-refractivity contribution in [2.24, 2.45) is 11.3 Å². The van der Waals surface area contributed by atoms with E-state index in [1.807, 2.05) is 0 Å². The number of unbranched alkanes of at least 4 members (excludes halogenated alkanes) is 3. The van der Waals surface area contributed by atoms with Crippen LogP contribution in [-0.2, 0) is 17.6 Å². The van der Waals surface area contributed by atoms with E-state index in [0.717, 1.165) is 25.7 Å². The van der Waals surface area contributed by atoms with E-state index >= 15 is 0 Å². The first-order valence-electron chi connectivity index (χ1n) is 14.2. The lowest BCUT2D eigenvalue weighted by Gasteiger charge is -2.28. The molecule has 1 saturated carbocycles. The van der Waals surface area contributed by atoms with Gasteiger partial charge >= 0.3 is 0 Å². The van der Waals surface area contributed by atoms with Crippen LogP contribution in [0, 0.1) is 22.8 Å². The van der Waals surface area contributed by atoms with Gasteiger partial charge in [-0.15, -0.1) is 5.54 Å². The summed E-state index contributed by atoms with van der Waals surface area (Å²) < 4.78 is 0. The average Bonchev–Trinajstić information content (AvgIpc) is 3.19. The van der Waals surface area contributed by atoms with Crippen molar-refractivity contribution >= 4 is 13.9 Å². The molecule has 1 aliphatic rings. The van der Waals surface area contributed by atoms with Crippen molar-refractivity contribution in [2.45, 2.75) is 103 Å². The van der Waals surface area contributed by atoms with Crippen LogP contribution in [0.15, 0.2) is 60.7 Å². The summed E-state index contributed by atoms with van der Waals surface area (Å²) in [6.07, 6.45) is 11.0. The van der Waals surface area contributed by atoms with E-state index in [-0.39, 0.29) is 5.92 Å². The normalized spacial score (nSPS) is 20.0. The topological polar surface area (TPSA) is 17.1 Å². The highest BCUT2D eigenvalue weighted by Crippen LogP contribution is 2.43. The Bertz CT molecular complexity index is 933. The number of benzene rings is 2. The summed E-state index contributed by atoms with van der Waals surface area (Å²) in [7, 11) is -1.73. The minimum Gasteiger partial charge on any atom is -0.298 e. The Morgan fingerprint density at radius 1 is 0.800 bits per heavy atom. The molecule has 0 aromatic heterocycles. The Morgan fingerprint density at radius 2 is 1.31 bits per heavy atom. The van der Waals surface area contributed by atoms with Crippen molar-refractivity contribution in [3.63, 3.8) is 0 Å². The summed E-state index contributed by atoms with van der Waals surface area (Å²) in [5, 5.41) is 0. The first-order valence-corrected chi connectivity index (χ1v) is 16.8. The lowest BCUT2D eigenvalue weighted by atomic mass is 9.78. The predicted molar refractivity (Wildman–Crippen MR) is 153 cm³/mol. The molecule has 0 amide bonds. The largest absolute Gasteiger partial charge is 0.298 e. The highest BCUT2D eigenvalue weighted by Gasteiger charge is 2.47. The van der Waals surface area contributed by atoms with Crippen LogP contribution >= 0.6 is 0 Å². The maximum absolute atomic E-state index is 14.1. The molecule has 188 valence electrons. The Hall–Kier alpha value is -2.11. The standard InChI is InChI=1S/C33H46OSi/c1-4-7-23-35(24-8-5-2,25-9-6-3)26-22-33(28-30-18-14-11-15-19-30)21-20-31(32(33)34)27-29-16-12-10-13-17-29/h10-19,31H,4-9,20-21,23-25,27-28H2,1-3H3/t31-,33-/m0/s1. The van der Waals surface area contributed by atoms with Gasteiger partial charge in [0.05, 0.1) is 5.41 Å². The van der Waals surface area contributed by atoms with Gasteiger partial charge in [-0.25, -0.2) is 0 Å². The smallest absolute Gasteiger partial charge is 0.154 e. The van der Waals surface area contributed by atoms with Crippen molar-refractivity contribution in [3.05, 3.63) is 71.8 Å². The second kappa shape index (κ2) is 13.8. The molecular weight excluding hydrogens is 440 g/mol. The van der Waals surface area contributed by atoms with Gasteiger partial charge in [0.25, 0.3) is 0 Å². The summed E-state index contributed by atoms with van der Waals surface area (Å²) in [4.78, 5) is 14.1. The van der Waals surface area contributed by atoms with Gasteiger partial charge in [-0.05, 0) is 54.9 Å². The molecule has 0 unspecified atom stereocenters. The molecule has 0 heterocycles. The van der Waals surface area contributed by atoms with Crippen molar-refractivity contribution in [1.82, 2.24) is 0 Å². The average molecular weight is 487 g/mol. The van der Waals surface area contributed by atoms with Crippen molar-refractivity contribution in [3.8, 4) is 11.5 Å². The molecular formula is C33H46OSi. The fourth-order valence-electron chi connectivity index (χ4n) is 5.81. The van der Waals surface area contributed by atoms with E-state index in [1.165, 1.54) is 67.8 Å². The van der Waals surface area contributed by atoms with Crippen molar-refractivity contribution in [2.75, 3.05) is 0 Å². The highest BCUT2D eigenvalue weighted by atomic mass is 28.3. The molecule has 2 heteroatoms. The van der Waals surface area contributed by atoms with Crippen LogP contribution in [0.25, 0.3) is 0 Å². The molecule has 2 aromatic carbocycles. The Kier molecular flexibility index (Phi) is 10.9. The van der Waals surface area contributed by atoms with Crippen LogP contribution in [0.1, 0.15) is 83.3 Å². The number of ketones is 1. The van der Waals surface area contributed by atoms with E-state index in [1.54, 1.807) is 0 Å². The third-order valence-electron chi connectivity index (χ3n) is 8.03. The summed E-state index contributed by atoms with van der Waals surface area (Å²) in [6, 6.07) is 25.1. The fourth-order valence-corrected chi connectivity index (χ4v) is 10.5. The highest BCUT2D eigenvalue weighted by molar-refractivity contribution is 6.87. The van der Waals surface area contributed by atoms with E-state index in [2.05, 4.69) is 92.9 Å². The molecule has 0 radical (unpaired) electrons. The zero-order valence-corrected chi connectivity index (χ0v) is 23.5. The Labute approximate surface area is 216 Å². The first kappa shape index (κ1) is 27.5. The van der Waals surface area contributed by atoms with Gasteiger partial charge in [0.2, 0.25) is 0 Å². The molecule has 1 aliphatic carbocycles. The van der Waals surface area contributed by atoms with Crippen LogP contribution in [0.4, 0.5) is 0 Å². The summed E-state index contributed by atoms with van der Waals surface area (Å²) >= 11 is 0. The Morgan fingerprint density at radius 3 is 1.83 bits per heavy atom. The monoisotopic (exact) mass is 486 g/mol. The lowest BCUT2D eigenvalue weighted by Crippen LogP contribution is -2.35. The van der Waals surface area contributed by atoms with Gasteiger partial charge in [0, 0.05) is 5.92 Å². The maximum atomic E-state index is 14.1. The zero-order valence-electron chi connectivity index (χ0n) is 22.5. The number of hydrogen-bond acceptors (Lipinski definition) is 1. The third kappa shape index (κ3) is 7.68. The van der Waals surface area contributed by atoms with Gasteiger partial charge in [-0.1, -0.05) is 126 Å². The SMILES string of the molecule is CCCC[Si](C#C[C@]1(Cc2ccccc2)CC[C@@H](Cc2ccccc2)C1=O)(CCCC)CCCC. The minimum absolute atomic E-state index is 0.0911. The van der Waals surface area contributed by atoms with E-state index < -0.39 is 13.5 Å². The molecule has 0 aliphatic heterocycles. The molecule has 35 heavy (non-hydrogen) atoms. The molecule has 3 rings (SSSR count). The molecule has 0 bridgehead atoms. The van der Waals surface area contributed by atoms with Gasteiger partial charge in [0.15, 0.2) is 5.78 Å². The number of hydrogen-bond donors (Lipinski definition) is 0. The van der Waals surface area contributed by atoms with E-state index in [4.69, 9.17) is 0 Å². The second-order valence-corrected chi connectivity index (χ2v) is 15.2. The van der Waals surface area contributed by atoms with E-state index in [9.17, 15) is 4.79 Å². The summed E-state index contributed by atoms with van der Waals surface area (Å²) in [5.74, 6) is 4.33. The summed E-state index contributed by atoms with van der Waals surface area (Å²) in [6.45, 7) is 6.91. The fraction of sp³-hybridized carbons (Fsp3) is 0.545. The Balaban J connectivity index is 1.96. The number of carbonyl (C=O) groups is 1. The summed E-state index contributed by atoms with van der Waals surface area (Å²) in [5.41, 5.74) is 6.03. The van der Waals surface area contributed by atoms with Gasteiger partial charge < -0.3 is 0 Å². The minimum atomic E-state index is -1.73. The lowest BCUT2D eigenvalue weighted by molar-refractivity contribution is -0.126. The molecule has 1 nitrogen and oxygen atoms in total. The molecule has 2 atom stereocenters. The van der Waals surface area contributed by atoms with Crippen LogP contribution in [0.2, 0.25) is 18.1 Å².